The Bertz CT molecular complexity index is 966. The molecular weight excluding hydrogens is 362 g/mol. The minimum atomic E-state index is -0.924. The van der Waals surface area contributed by atoms with Crippen molar-refractivity contribution in [1.82, 2.24) is 9.88 Å². The Balaban J connectivity index is 1.28. The quantitative estimate of drug-likeness (QED) is 0.631. The Kier molecular flexibility index (Phi) is 6.06. The summed E-state index contributed by atoms with van der Waals surface area (Å²) in [5.74, 6) is 0.467. The van der Waals surface area contributed by atoms with Crippen LogP contribution in [0.5, 0.6) is 0 Å². The van der Waals surface area contributed by atoms with Gasteiger partial charge in [0.15, 0.2) is 0 Å². The number of rotatable bonds is 7. The van der Waals surface area contributed by atoms with E-state index in [0.717, 1.165) is 32.1 Å². The van der Waals surface area contributed by atoms with Crippen LogP contribution in [0.1, 0.15) is 28.8 Å². The number of hydrogen-bond acceptors (Lipinski definition) is 4. The van der Waals surface area contributed by atoms with Crippen molar-refractivity contribution in [2.45, 2.75) is 19.3 Å². The molecule has 1 aromatic heterocycles. The number of aromatic carboxylic acids is 1. The topological polar surface area (TPSA) is 65.5 Å². The lowest BCUT2D eigenvalue weighted by atomic mass is 9.90. The lowest BCUT2D eigenvalue weighted by molar-refractivity contribution is 0.0699. The third-order valence-electron chi connectivity index (χ3n) is 5.76. The van der Waals surface area contributed by atoms with Crippen LogP contribution in [0.3, 0.4) is 0 Å². The average Bonchev–Trinajstić information content (AvgIpc) is 2.75. The molecule has 0 radical (unpaired) electrons. The summed E-state index contributed by atoms with van der Waals surface area (Å²) in [7, 11) is 0. The fraction of sp³-hybridized carbons (Fsp3) is 0.333. The highest BCUT2D eigenvalue weighted by molar-refractivity contribution is 6.03. The molecule has 0 unspecified atom stereocenters. The van der Waals surface area contributed by atoms with Gasteiger partial charge in [0.25, 0.3) is 0 Å². The average molecular weight is 389 g/mol. The van der Waals surface area contributed by atoms with E-state index < -0.39 is 5.97 Å². The molecule has 3 aromatic rings. The van der Waals surface area contributed by atoms with Crippen LogP contribution in [0, 0.1) is 5.92 Å². The molecule has 2 aromatic carbocycles. The van der Waals surface area contributed by atoms with Crippen LogP contribution < -0.4 is 5.32 Å². The number of para-hydroxylation sites is 1. The van der Waals surface area contributed by atoms with Gasteiger partial charge in [-0.3, -0.25) is 0 Å². The van der Waals surface area contributed by atoms with Crippen molar-refractivity contribution >= 4 is 22.7 Å². The monoisotopic (exact) mass is 389 g/mol. The van der Waals surface area contributed by atoms with Crippen LogP contribution in [-0.2, 0) is 6.42 Å². The first-order chi connectivity index (χ1) is 14.2. The standard InChI is InChI=1S/C24H27N3O2/c28-24(29)21-17-23(26-22-9-5-4-8-20(21)22)25-12-15-27-13-10-19(11-14-27)16-18-6-2-1-3-7-18/h1-9,17,19H,10-16H2,(H,25,26)(H,28,29). The van der Waals surface area contributed by atoms with Gasteiger partial charge in [-0.25, -0.2) is 9.78 Å². The number of nitrogens with zero attached hydrogens (tertiary/aromatic N) is 2. The Hall–Kier alpha value is -2.92. The van der Waals surface area contributed by atoms with Gasteiger partial charge in [0, 0.05) is 18.5 Å². The number of anilines is 1. The van der Waals surface area contributed by atoms with Crippen molar-refractivity contribution in [2.75, 3.05) is 31.5 Å². The second-order valence-corrected chi connectivity index (χ2v) is 7.78. The molecule has 5 heteroatoms. The van der Waals surface area contributed by atoms with Gasteiger partial charge in [-0.1, -0.05) is 48.5 Å². The number of benzene rings is 2. The molecular formula is C24H27N3O2. The van der Waals surface area contributed by atoms with Gasteiger partial charge in [0.2, 0.25) is 0 Å². The molecule has 1 saturated heterocycles. The zero-order chi connectivity index (χ0) is 20.1. The molecule has 4 rings (SSSR count). The molecule has 0 aliphatic carbocycles. The zero-order valence-electron chi connectivity index (χ0n) is 16.6. The largest absolute Gasteiger partial charge is 0.478 e. The van der Waals surface area contributed by atoms with Gasteiger partial charge in [-0.2, -0.15) is 0 Å². The highest BCUT2D eigenvalue weighted by Crippen LogP contribution is 2.22. The smallest absolute Gasteiger partial charge is 0.336 e. The summed E-state index contributed by atoms with van der Waals surface area (Å²) in [5, 5.41) is 13.5. The molecule has 0 bridgehead atoms. The Morgan fingerprint density at radius 3 is 2.55 bits per heavy atom. The van der Waals surface area contributed by atoms with Crippen LogP contribution in [0.25, 0.3) is 10.9 Å². The van der Waals surface area contributed by atoms with Crippen LogP contribution in [0.4, 0.5) is 5.82 Å². The molecule has 1 aliphatic heterocycles. The SMILES string of the molecule is O=C(O)c1cc(NCCN2CCC(Cc3ccccc3)CC2)nc2ccccc12. The number of aromatic nitrogens is 1. The molecule has 1 aliphatic rings. The van der Waals surface area contributed by atoms with E-state index in [4.69, 9.17) is 0 Å². The fourth-order valence-electron chi connectivity index (χ4n) is 4.15. The number of hydrogen-bond donors (Lipinski definition) is 2. The first-order valence-corrected chi connectivity index (χ1v) is 10.3. The number of carboxylic acid groups (broad SMARTS) is 1. The van der Waals surface area contributed by atoms with Gasteiger partial charge >= 0.3 is 5.97 Å². The molecule has 0 saturated carbocycles. The number of nitrogens with one attached hydrogen (secondary N) is 1. The molecule has 5 nitrogen and oxygen atoms in total. The molecule has 150 valence electrons. The molecule has 1 fully saturated rings. The van der Waals surface area contributed by atoms with Crippen LogP contribution in [0.15, 0.2) is 60.7 Å². The highest BCUT2D eigenvalue weighted by atomic mass is 16.4. The van der Waals surface area contributed by atoms with E-state index in [-0.39, 0.29) is 0 Å². The number of carboxylic acids is 1. The number of carbonyl (C=O) groups is 1. The molecule has 0 amide bonds. The van der Waals surface area contributed by atoms with Crippen molar-refractivity contribution in [3.63, 3.8) is 0 Å². The summed E-state index contributed by atoms with van der Waals surface area (Å²) in [6.45, 7) is 3.93. The van der Waals surface area contributed by atoms with Gasteiger partial charge in [-0.05, 0) is 56.0 Å². The van der Waals surface area contributed by atoms with Crippen molar-refractivity contribution in [1.29, 1.82) is 0 Å². The van der Waals surface area contributed by atoms with Crippen LogP contribution in [0.2, 0.25) is 0 Å². The molecule has 2 N–H and O–H groups in total. The first kappa shape index (κ1) is 19.4. The summed E-state index contributed by atoms with van der Waals surface area (Å²) in [6.07, 6.45) is 3.63. The second kappa shape index (κ2) is 9.05. The summed E-state index contributed by atoms with van der Waals surface area (Å²) in [4.78, 5) is 18.6. The van der Waals surface area contributed by atoms with Crippen molar-refractivity contribution in [3.8, 4) is 0 Å². The molecule has 2 heterocycles. The zero-order valence-corrected chi connectivity index (χ0v) is 16.6. The highest BCUT2D eigenvalue weighted by Gasteiger charge is 2.19. The van der Waals surface area contributed by atoms with Crippen LogP contribution in [-0.4, -0.2) is 47.1 Å². The minimum absolute atomic E-state index is 0.292. The third kappa shape index (κ3) is 4.93. The molecule has 29 heavy (non-hydrogen) atoms. The Morgan fingerprint density at radius 1 is 1.07 bits per heavy atom. The summed E-state index contributed by atoms with van der Waals surface area (Å²) >= 11 is 0. The third-order valence-corrected chi connectivity index (χ3v) is 5.76. The van der Waals surface area contributed by atoms with E-state index in [1.807, 2.05) is 18.2 Å². The van der Waals surface area contributed by atoms with E-state index in [2.05, 4.69) is 45.5 Å². The molecule has 0 spiro atoms. The maximum absolute atomic E-state index is 11.6. The Morgan fingerprint density at radius 2 is 1.79 bits per heavy atom. The van der Waals surface area contributed by atoms with Gasteiger partial charge in [0.05, 0.1) is 11.1 Å². The van der Waals surface area contributed by atoms with E-state index in [1.165, 1.54) is 24.8 Å². The maximum atomic E-state index is 11.6. The summed E-state index contributed by atoms with van der Waals surface area (Å²) in [6, 6.07) is 19.8. The second-order valence-electron chi connectivity index (χ2n) is 7.78. The number of likely N-dealkylation sites (tertiary alicyclic amines) is 1. The normalized spacial score (nSPS) is 15.4. The van der Waals surface area contributed by atoms with E-state index in [0.29, 0.717) is 22.3 Å². The van der Waals surface area contributed by atoms with E-state index >= 15 is 0 Å². The fourth-order valence-corrected chi connectivity index (χ4v) is 4.15. The number of piperidine rings is 1. The summed E-state index contributed by atoms with van der Waals surface area (Å²) in [5.41, 5.74) is 2.43. The lowest BCUT2D eigenvalue weighted by Gasteiger charge is -2.32. The van der Waals surface area contributed by atoms with Crippen molar-refractivity contribution in [3.05, 3.63) is 71.8 Å². The van der Waals surface area contributed by atoms with Crippen LogP contribution >= 0.6 is 0 Å². The number of pyridine rings is 1. The van der Waals surface area contributed by atoms with Crippen molar-refractivity contribution < 1.29 is 9.90 Å². The van der Waals surface area contributed by atoms with E-state index in [9.17, 15) is 9.90 Å². The van der Waals surface area contributed by atoms with Gasteiger partial charge < -0.3 is 15.3 Å². The summed E-state index contributed by atoms with van der Waals surface area (Å²) < 4.78 is 0. The molecule has 0 atom stereocenters. The predicted octanol–water partition coefficient (Wildman–Crippen LogP) is 4.30. The van der Waals surface area contributed by atoms with Gasteiger partial charge in [0.1, 0.15) is 5.82 Å². The minimum Gasteiger partial charge on any atom is -0.478 e. The lowest BCUT2D eigenvalue weighted by Crippen LogP contribution is -2.37. The van der Waals surface area contributed by atoms with E-state index in [1.54, 1.807) is 12.1 Å². The number of fused-ring (bicyclic) bond motifs is 1. The van der Waals surface area contributed by atoms with Crippen molar-refractivity contribution in [2.24, 2.45) is 5.92 Å². The predicted molar refractivity (Wildman–Crippen MR) is 117 cm³/mol. The Labute approximate surface area is 171 Å². The van der Waals surface area contributed by atoms with Gasteiger partial charge in [-0.15, -0.1) is 0 Å². The maximum Gasteiger partial charge on any atom is 0.336 e. The first-order valence-electron chi connectivity index (χ1n) is 10.3.